The predicted octanol–water partition coefficient (Wildman–Crippen LogP) is 2.20. The van der Waals surface area contributed by atoms with Gasteiger partial charge in [0.05, 0.1) is 19.4 Å². The molecule has 1 aromatic carbocycles. The third-order valence-corrected chi connectivity index (χ3v) is 2.49. The van der Waals surface area contributed by atoms with Crippen LogP contribution in [0.3, 0.4) is 0 Å². The molecule has 1 aromatic heterocycles. The van der Waals surface area contributed by atoms with E-state index in [1.165, 1.54) is 31.8 Å². The number of imidazole rings is 1. The zero-order valence-electron chi connectivity index (χ0n) is 10.6. The molecule has 0 bridgehead atoms. The van der Waals surface area contributed by atoms with Crippen molar-refractivity contribution in [2.24, 2.45) is 0 Å². The molecule has 1 heterocycles. The van der Waals surface area contributed by atoms with Gasteiger partial charge in [0.2, 0.25) is 0 Å². The number of aromatic nitrogens is 2. The third kappa shape index (κ3) is 2.73. The first-order valence-electron chi connectivity index (χ1n) is 5.70. The quantitative estimate of drug-likeness (QED) is 0.794. The number of carbonyl (C=O) groups is 1. The molecule has 0 fully saturated rings. The van der Waals surface area contributed by atoms with Gasteiger partial charge in [-0.05, 0) is 19.1 Å². The van der Waals surface area contributed by atoms with E-state index in [0.29, 0.717) is 11.4 Å². The molecule has 19 heavy (non-hydrogen) atoms. The van der Waals surface area contributed by atoms with E-state index < -0.39 is 11.8 Å². The molecule has 0 radical (unpaired) electrons. The Morgan fingerprint density at radius 3 is 2.95 bits per heavy atom. The lowest BCUT2D eigenvalue weighted by molar-refractivity contribution is 0.0520. The van der Waals surface area contributed by atoms with Gasteiger partial charge < -0.3 is 14.0 Å². The van der Waals surface area contributed by atoms with Gasteiger partial charge in [-0.2, -0.15) is 0 Å². The number of ether oxygens (including phenoxy) is 2. The Hall–Kier alpha value is -2.37. The van der Waals surface area contributed by atoms with Crippen LogP contribution in [0.15, 0.2) is 30.7 Å². The average molecular weight is 264 g/mol. The minimum absolute atomic E-state index is 0.188. The molecule has 6 heteroatoms. The summed E-state index contributed by atoms with van der Waals surface area (Å²) in [4.78, 5) is 15.5. The number of benzene rings is 1. The van der Waals surface area contributed by atoms with E-state index in [4.69, 9.17) is 9.47 Å². The van der Waals surface area contributed by atoms with Gasteiger partial charge in [-0.25, -0.2) is 14.2 Å². The highest BCUT2D eigenvalue weighted by atomic mass is 19.1. The van der Waals surface area contributed by atoms with E-state index in [0.717, 1.165) is 0 Å². The van der Waals surface area contributed by atoms with Crippen molar-refractivity contribution in [1.29, 1.82) is 0 Å². The summed E-state index contributed by atoms with van der Waals surface area (Å²) in [6.45, 7) is 2.00. The summed E-state index contributed by atoms with van der Waals surface area (Å²) in [6, 6.07) is 4.12. The van der Waals surface area contributed by atoms with Crippen LogP contribution in [-0.2, 0) is 4.74 Å². The fourth-order valence-electron chi connectivity index (χ4n) is 1.63. The van der Waals surface area contributed by atoms with Crippen molar-refractivity contribution >= 4 is 5.97 Å². The molecule has 0 aliphatic carbocycles. The first-order valence-corrected chi connectivity index (χ1v) is 5.70. The monoisotopic (exact) mass is 264 g/mol. The number of methoxy groups -OCH3 is 1. The van der Waals surface area contributed by atoms with E-state index in [2.05, 4.69) is 4.98 Å². The van der Waals surface area contributed by atoms with Gasteiger partial charge in [0, 0.05) is 12.3 Å². The van der Waals surface area contributed by atoms with E-state index in [1.54, 1.807) is 17.6 Å². The molecule has 0 N–H and O–H groups in total. The van der Waals surface area contributed by atoms with Crippen LogP contribution in [0.4, 0.5) is 4.39 Å². The summed E-state index contributed by atoms with van der Waals surface area (Å²) >= 11 is 0. The minimum atomic E-state index is -0.498. The number of nitrogens with zero attached hydrogens (tertiary/aromatic N) is 2. The van der Waals surface area contributed by atoms with Crippen molar-refractivity contribution in [2.45, 2.75) is 6.92 Å². The molecule has 2 aromatic rings. The van der Waals surface area contributed by atoms with Gasteiger partial charge in [0.25, 0.3) is 0 Å². The van der Waals surface area contributed by atoms with Crippen LogP contribution >= 0.6 is 0 Å². The van der Waals surface area contributed by atoms with E-state index >= 15 is 0 Å². The van der Waals surface area contributed by atoms with Crippen LogP contribution in [0.25, 0.3) is 5.69 Å². The molecule has 0 spiro atoms. The highest BCUT2D eigenvalue weighted by molar-refractivity contribution is 5.87. The maximum Gasteiger partial charge on any atom is 0.358 e. The van der Waals surface area contributed by atoms with Crippen molar-refractivity contribution in [3.05, 3.63) is 42.2 Å². The largest absolute Gasteiger partial charge is 0.494 e. The first-order chi connectivity index (χ1) is 9.15. The van der Waals surface area contributed by atoms with Crippen LogP contribution in [-0.4, -0.2) is 29.2 Å². The van der Waals surface area contributed by atoms with Crippen molar-refractivity contribution in [3.8, 4) is 11.4 Å². The number of hydrogen-bond donors (Lipinski definition) is 0. The predicted molar refractivity (Wildman–Crippen MR) is 66.0 cm³/mol. The van der Waals surface area contributed by atoms with Crippen molar-refractivity contribution in [1.82, 2.24) is 9.55 Å². The maximum absolute atomic E-state index is 13.1. The zero-order valence-corrected chi connectivity index (χ0v) is 10.6. The first kappa shape index (κ1) is 13.1. The molecule has 0 unspecified atom stereocenters. The second kappa shape index (κ2) is 5.51. The van der Waals surface area contributed by atoms with Gasteiger partial charge in [-0.15, -0.1) is 0 Å². The van der Waals surface area contributed by atoms with Gasteiger partial charge in [0.15, 0.2) is 5.69 Å². The lowest BCUT2D eigenvalue weighted by atomic mass is 10.3. The van der Waals surface area contributed by atoms with Crippen LogP contribution in [0, 0.1) is 5.82 Å². The van der Waals surface area contributed by atoms with Crippen molar-refractivity contribution < 1.29 is 18.7 Å². The smallest absolute Gasteiger partial charge is 0.358 e. The second-order valence-corrected chi connectivity index (χ2v) is 3.70. The molecule has 5 nitrogen and oxygen atoms in total. The lowest BCUT2D eigenvalue weighted by Gasteiger charge is -2.08. The molecule has 0 amide bonds. The molecule has 0 saturated carbocycles. The molecule has 0 aliphatic heterocycles. The number of esters is 1. The maximum atomic E-state index is 13.1. The standard InChI is InChI=1S/C13H13FN2O3/c1-3-19-13(17)10-7-16(8-15-10)11-5-4-9(14)6-12(11)18-2/h4-8H,3H2,1-2H3. The molecular formula is C13H13FN2O3. The Labute approximate surface area is 109 Å². The molecule has 100 valence electrons. The van der Waals surface area contributed by atoms with Gasteiger partial charge in [-0.1, -0.05) is 0 Å². The van der Waals surface area contributed by atoms with Crippen molar-refractivity contribution in [3.63, 3.8) is 0 Å². The van der Waals surface area contributed by atoms with Crippen LogP contribution in [0.1, 0.15) is 17.4 Å². The summed E-state index contributed by atoms with van der Waals surface area (Å²) < 4.78 is 24.6. The normalized spacial score (nSPS) is 10.3. The average Bonchev–Trinajstić information content (AvgIpc) is 2.88. The number of halogens is 1. The number of hydrogen-bond acceptors (Lipinski definition) is 4. The minimum Gasteiger partial charge on any atom is -0.494 e. The van der Waals surface area contributed by atoms with Gasteiger partial charge >= 0.3 is 5.97 Å². The van der Waals surface area contributed by atoms with Gasteiger partial charge in [0.1, 0.15) is 17.9 Å². The van der Waals surface area contributed by atoms with E-state index in [-0.39, 0.29) is 12.3 Å². The Balaban J connectivity index is 2.35. The second-order valence-electron chi connectivity index (χ2n) is 3.70. The summed E-state index contributed by atoms with van der Waals surface area (Å²) in [5, 5.41) is 0. The van der Waals surface area contributed by atoms with E-state index in [1.807, 2.05) is 0 Å². The highest BCUT2D eigenvalue weighted by Gasteiger charge is 2.13. The fourth-order valence-corrected chi connectivity index (χ4v) is 1.63. The Kier molecular flexibility index (Phi) is 3.79. The number of rotatable bonds is 4. The Bertz CT molecular complexity index is 595. The molecule has 0 saturated heterocycles. The number of carbonyl (C=O) groups excluding carboxylic acids is 1. The van der Waals surface area contributed by atoms with Crippen LogP contribution in [0.5, 0.6) is 5.75 Å². The van der Waals surface area contributed by atoms with Crippen LogP contribution < -0.4 is 4.74 Å². The molecular weight excluding hydrogens is 251 g/mol. The third-order valence-electron chi connectivity index (χ3n) is 2.49. The summed E-state index contributed by atoms with van der Waals surface area (Å²) in [7, 11) is 1.45. The van der Waals surface area contributed by atoms with Crippen molar-refractivity contribution in [2.75, 3.05) is 13.7 Å². The fraction of sp³-hybridized carbons (Fsp3) is 0.231. The summed E-state index contributed by atoms with van der Waals surface area (Å²) in [5.74, 6) is -0.540. The summed E-state index contributed by atoms with van der Waals surface area (Å²) in [5.41, 5.74) is 0.778. The van der Waals surface area contributed by atoms with E-state index in [9.17, 15) is 9.18 Å². The zero-order chi connectivity index (χ0) is 13.8. The Morgan fingerprint density at radius 2 is 2.26 bits per heavy atom. The SMILES string of the molecule is CCOC(=O)c1cn(-c2ccc(F)cc2OC)cn1. The van der Waals surface area contributed by atoms with Crippen LogP contribution in [0.2, 0.25) is 0 Å². The molecule has 0 atom stereocenters. The topological polar surface area (TPSA) is 53.4 Å². The summed E-state index contributed by atoms with van der Waals surface area (Å²) in [6.07, 6.45) is 2.95. The highest BCUT2D eigenvalue weighted by Crippen LogP contribution is 2.23. The lowest BCUT2D eigenvalue weighted by Crippen LogP contribution is -2.04. The molecule has 0 aliphatic rings. The Morgan fingerprint density at radius 1 is 1.47 bits per heavy atom. The van der Waals surface area contributed by atoms with Gasteiger partial charge in [-0.3, -0.25) is 0 Å². The molecule has 2 rings (SSSR count).